The molecule has 0 bridgehead atoms. The van der Waals surface area contributed by atoms with E-state index in [2.05, 4.69) is 21.1 Å². The Bertz CT molecular complexity index is 378. The van der Waals surface area contributed by atoms with Gasteiger partial charge in [0.1, 0.15) is 0 Å². The van der Waals surface area contributed by atoms with E-state index in [-0.39, 0.29) is 0 Å². The van der Waals surface area contributed by atoms with Gasteiger partial charge in [-0.15, -0.1) is 0 Å². The van der Waals surface area contributed by atoms with E-state index in [9.17, 15) is 0 Å². The van der Waals surface area contributed by atoms with Gasteiger partial charge in [-0.1, -0.05) is 19.3 Å². The minimum atomic E-state index is 0.661. The van der Waals surface area contributed by atoms with Crippen LogP contribution in [0.4, 0.5) is 5.95 Å². The summed E-state index contributed by atoms with van der Waals surface area (Å²) in [6, 6.07) is 0.661. The molecule has 1 N–H and O–H groups in total. The summed E-state index contributed by atoms with van der Waals surface area (Å²) in [7, 11) is 0. The predicted octanol–water partition coefficient (Wildman–Crippen LogP) is 3.23. The minimum Gasteiger partial charge on any atom is -0.381 e. The molecule has 1 saturated carbocycles. The van der Waals surface area contributed by atoms with Crippen LogP contribution >= 0.6 is 0 Å². The standard InChI is InChI=1S/C15H25N3O/c1-2-4-14(5-3-1)18-9-8-16-15(18)17-12-13-6-10-19-11-7-13/h8-9,13-14H,1-7,10-12H2,(H,16,17). The number of nitrogens with zero attached hydrogens (tertiary/aromatic N) is 2. The third-order valence-corrected chi connectivity index (χ3v) is 4.53. The number of aromatic nitrogens is 2. The molecule has 0 spiro atoms. The highest BCUT2D eigenvalue weighted by Crippen LogP contribution is 2.30. The van der Waals surface area contributed by atoms with Gasteiger partial charge < -0.3 is 14.6 Å². The number of hydrogen-bond donors (Lipinski definition) is 1. The summed E-state index contributed by atoms with van der Waals surface area (Å²) < 4.78 is 7.77. The van der Waals surface area contributed by atoms with Gasteiger partial charge in [0.25, 0.3) is 0 Å². The normalized spacial score (nSPS) is 22.5. The summed E-state index contributed by atoms with van der Waals surface area (Å²) in [5, 5.41) is 3.56. The fourth-order valence-electron chi connectivity index (χ4n) is 3.29. The van der Waals surface area contributed by atoms with Crippen LogP contribution in [0.15, 0.2) is 12.4 Å². The highest BCUT2D eigenvalue weighted by molar-refractivity contribution is 5.27. The molecule has 0 unspecified atom stereocenters. The maximum Gasteiger partial charge on any atom is 0.203 e. The van der Waals surface area contributed by atoms with Crippen molar-refractivity contribution in [3.8, 4) is 0 Å². The maximum absolute atomic E-state index is 5.41. The lowest BCUT2D eigenvalue weighted by Gasteiger charge is -2.26. The first-order valence-electron chi connectivity index (χ1n) is 7.78. The number of anilines is 1. The first-order chi connectivity index (χ1) is 9.43. The third-order valence-electron chi connectivity index (χ3n) is 4.53. The molecule has 106 valence electrons. The number of rotatable bonds is 4. The summed E-state index contributed by atoms with van der Waals surface area (Å²) in [4.78, 5) is 4.50. The molecule has 19 heavy (non-hydrogen) atoms. The zero-order chi connectivity index (χ0) is 12.9. The van der Waals surface area contributed by atoms with E-state index in [0.29, 0.717) is 6.04 Å². The molecule has 1 saturated heterocycles. The number of hydrogen-bond acceptors (Lipinski definition) is 3. The first kappa shape index (κ1) is 13.0. The Kier molecular flexibility index (Phi) is 4.38. The van der Waals surface area contributed by atoms with Crippen molar-refractivity contribution in [1.82, 2.24) is 9.55 Å². The van der Waals surface area contributed by atoms with Crippen molar-refractivity contribution < 1.29 is 4.74 Å². The zero-order valence-corrected chi connectivity index (χ0v) is 11.7. The summed E-state index contributed by atoms with van der Waals surface area (Å²) in [6.45, 7) is 2.87. The lowest BCUT2D eigenvalue weighted by atomic mass is 9.95. The number of imidazole rings is 1. The summed E-state index contributed by atoms with van der Waals surface area (Å²) in [6.07, 6.45) is 13.2. The van der Waals surface area contributed by atoms with Gasteiger partial charge in [-0.2, -0.15) is 0 Å². The largest absolute Gasteiger partial charge is 0.381 e. The third kappa shape index (κ3) is 3.30. The quantitative estimate of drug-likeness (QED) is 0.906. The van der Waals surface area contributed by atoms with Crippen LogP contribution in [0.3, 0.4) is 0 Å². The molecule has 1 aromatic rings. The van der Waals surface area contributed by atoms with Crippen LogP contribution in [0, 0.1) is 5.92 Å². The van der Waals surface area contributed by atoms with E-state index >= 15 is 0 Å². The van der Waals surface area contributed by atoms with Gasteiger partial charge in [-0.3, -0.25) is 0 Å². The molecule has 3 rings (SSSR count). The van der Waals surface area contributed by atoms with E-state index in [1.165, 1.54) is 44.9 Å². The maximum atomic E-state index is 5.41. The second-order valence-electron chi connectivity index (χ2n) is 5.89. The Morgan fingerprint density at radius 1 is 1.16 bits per heavy atom. The molecule has 0 atom stereocenters. The molecule has 4 heteroatoms. The Morgan fingerprint density at radius 2 is 1.95 bits per heavy atom. The molecular weight excluding hydrogens is 238 g/mol. The summed E-state index contributed by atoms with van der Waals surface area (Å²) in [5.74, 6) is 1.81. The Labute approximate surface area is 115 Å². The van der Waals surface area contributed by atoms with E-state index in [4.69, 9.17) is 4.74 Å². The van der Waals surface area contributed by atoms with E-state index < -0.39 is 0 Å². The monoisotopic (exact) mass is 263 g/mol. The fraction of sp³-hybridized carbons (Fsp3) is 0.800. The average Bonchev–Trinajstić information content (AvgIpc) is 2.95. The zero-order valence-electron chi connectivity index (χ0n) is 11.7. The molecule has 4 nitrogen and oxygen atoms in total. The smallest absolute Gasteiger partial charge is 0.203 e. The van der Waals surface area contributed by atoms with Crippen LogP contribution in [0.1, 0.15) is 51.0 Å². The number of nitrogens with one attached hydrogen (secondary N) is 1. The fourth-order valence-corrected chi connectivity index (χ4v) is 3.29. The first-order valence-corrected chi connectivity index (χ1v) is 7.78. The SMILES string of the molecule is c1cn(C2CCCCC2)c(NCC2CCOCC2)n1. The molecule has 2 aliphatic rings. The highest BCUT2D eigenvalue weighted by atomic mass is 16.5. The topological polar surface area (TPSA) is 39.1 Å². The lowest BCUT2D eigenvalue weighted by molar-refractivity contribution is 0.0698. The van der Waals surface area contributed by atoms with Crippen LogP contribution in [-0.2, 0) is 4.74 Å². The van der Waals surface area contributed by atoms with Gasteiger partial charge >= 0.3 is 0 Å². The second kappa shape index (κ2) is 6.42. The van der Waals surface area contributed by atoms with Crippen LogP contribution in [-0.4, -0.2) is 29.3 Å². The molecule has 0 radical (unpaired) electrons. The highest BCUT2D eigenvalue weighted by Gasteiger charge is 2.19. The van der Waals surface area contributed by atoms with Gasteiger partial charge in [0.2, 0.25) is 5.95 Å². The second-order valence-corrected chi connectivity index (χ2v) is 5.89. The molecule has 0 amide bonds. The average molecular weight is 263 g/mol. The molecule has 0 aromatic carbocycles. The van der Waals surface area contributed by atoms with Gasteiger partial charge in [0.15, 0.2) is 0 Å². The van der Waals surface area contributed by atoms with Crippen molar-refractivity contribution in [1.29, 1.82) is 0 Å². The molecule has 2 heterocycles. The Morgan fingerprint density at radius 3 is 2.74 bits per heavy atom. The van der Waals surface area contributed by atoms with Gasteiger partial charge in [0.05, 0.1) is 0 Å². The van der Waals surface area contributed by atoms with E-state index in [1.807, 2.05) is 6.20 Å². The predicted molar refractivity (Wildman–Crippen MR) is 76.4 cm³/mol. The van der Waals surface area contributed by atoms with Crippen molar-refractivity contribution in [2.45, 2.75) is 51.0 Å². The van der Waals surface area contributed by atoms with Crippen LogP contribution in [0.25, 0.3) is 0 Å². The summed E-state index contributed by atoms with van der Waals surface area (Å²) >= 11 is 0. The van der Waals surface area contributed by atoms with Gasteiger partial charge in [0, 0.05) is 38.2 Å². The van der Waals surface area contributed by atoms with Crippen molar-refractivity contribution >= 4 is 5.95 Å². The van der Waals surface area contributed by atoms with Crippen LogP contribution < -0.4 is 5.32 Å². The molecule has 1 aliphatic carbocycles. The minimum absolute atomic E-state index is 0.661. The number of ether oxygens (including phenoxy) is 1. The van der Waals surface area contributed by atoms with Gasteiger partial charge in [-0.05, 0) is 31.6 Å². The van der Waals surface area contributed by atoms with Gasteiger partial charge in [-0.25, -0.2) is 4.98 Å². The Balaban J connectivity index is 1.56. The van der Waals surface area contributed by atoms with Crippen molar-refractivity contribution in [3.05, 3.63) is 12.4 Å². The Hall–Kier alpha value is -1.03. The van der Waals surface area contributed by atoms with E-state index in [1.54, 1.807) is 0 Å². The summed E-state index contributed by atoms with van der Waals surface area (Å²) in [5.41, 5.74) is 0. The van der Waals surface area contributed by atoms with Crippen molar-refractivity contribution in [2.24, 2.45) is 5.92 Å². The van der Waals surface area contributed by atoms with Crippen molar-refractivity contribution in [2.75, 3.05) is 25.1 Å². The molecule has 1 aliphatic heterocycles. The molecule has 1 aromatic heterocycles. The van der Waals surface area contributed by atoms with Crippen LogP contribution in [0.2, 0.25) is 0 Å². The van der Waals surface area contributed by atoms with E-state index in [0.717, 1.165) is 31.6 Å². The lowest BCUT2D eigenvalue weighted by Crippen LogP contribution is -2.24. The van der Waals surface area contributed by atoms with Crippen molar-refractivity contribution in [3.63, 3.8) is 0 Å². The molecular formula is C15H25N3O. The van der Waals surface area contributed by atoms with Crippen LogP contribution in [0.5, 0.6) is 0 Å². The molecule has 2 fully saturated rings.